The first-order valence-corrected chi connectivity index (χ1v) is 13.7. The highest BCUT2D eigenvalue weighted by molar-refractivity contribution is 5.94. The second-order valence-electron chi connectivity index (χ2n) is 10.3. The topological polar surface area (TPSA) is 130 Å². The number of hydrogen-bond acceptors (Lipinski definition) is 7. The molecule has 0 aliphatic carbocycles. The number of carbonyl (C=O) groups is 3. The number of alkyl carbamates (subject to hydrolysis) is 1. The van der Waals surface area contributed by atoms with Gasteiger partial charge in [0.1, 0.15) is 23.5 Å². The van der Waals surface area contributed by atoms with E-state index in [0.717, 1.165) is 33.2 Å². The van der Waals surface area contributed by atoms with Crippen molar-refractivity contribution in [3.8, 4) is 16.9 Å². The molecule has 0 spiro atoms. The predicted octanol–water partition coefficient (Wildman–Crippen LogP) is 6.54. The van der Waals surface area contributed by atoms with Gasteiger partial charge in [0, 0.05) is 28.6 Å². The molecule has 3 N–H and O–H groups in total. The van der Waals surface area contributed by atoms with E-state index in [4.69, 9.17) is 24.4 Å². The smallest absolute Gasteiger partial charge is 0.407 e. The number of rotatable bonds is 9. The number of nitrogens with one attached hydrogen (secondary N) is 1. The monoisotopic (exact) mass is 574 g/mol. The summed E-state index contributed by atoms with van der Waals surface area (Å²) in [5, 5.41) is 3.68. The SMILES string of the molecule is CC.COC(=O)Cc1cc(C(N)=O)ccc1OCc1cc(-c2cccc(CNC(=O)OC(C)(C)C)c2)c2occc2c1. The molecule has 0 bridgehead atoms. The molecule has 2 amide bonds. The molecule has 1 heterocycles. The summed E-state index contributed by atoms with van der Waals surface area (Å²) in [6.07, 6.45) is 1.08. The molecule has 9 nitrogen and oxygen atoms in total. The highest BCUT2D eigenvalue weighted by atomic mass is 16.6. The van der Waals surface area contributed by atoms with Crippen LogP contribution in [0.4, 0.5) is 4.79 Å². The van der Waals surface area contributed by atoms with E-state index >= 15 is 0 Å². The zero-order chi connectivity index (χ0) is 30.9. The molecule has 0 aliphatic heterocycles. The van der Waals surface area contributed by atoms with Gasteiger partial charge in [-0.05, 0) is 79.9 Å². The second-order valence-corrected chi connectivity index (χ2v) is 10.3. The first-order chi connectivity index (χ1) is 20.0. The number of esters is 1. The summed E-state index contributed by atoms with van der Waals surface area (Å²) < 4.78 is 22.0. The fraction of sp³-hybridized carbons (Fsp3) is 0.303. The number of hydrogen-bond donors (Lipinski definition) is 2. The minimum Gasteiger partial charge on any atom is -0.489 e. The van der Waals surface area contributed by atoms with E-state index < -0.39 is 23.6 Å². The normalized spacial score (nSPS) is 10.8. The van der Waals surface area contributed by atoms with Crippen molar-refractivity contribution in [2.45, 2.75) is 59.8 Å². The minimum absolute atomic E-state index is 0.0664. The summed E-state index contributed by atoms with van der Waals surface area (Å²) in [4.78, 5) is 35.7. The highest BCUT2D eigenvalue weighted by Crippen LogP contribution is 2.32. The summed E-state index contributed by atoms with van der Waals surface area (Å²) >= 11 is 0. The van der Waals surface area contributed by atoms with E-state index in [2.05, 4.69) is 5.32 Å². The van der Waals surface area contributed by atoms with Crippen LogP contribution in [0.3, 0.4) is 0 Å². The maximum atomic E-state index is 12.1. The second kappa shape index (κ2) is 14.2. The van der Waals surface area contributed by atoms with Gasteiger partial charge in [0.25, 0.3) is 0 Å². The van der Waals surface area contributed by atoms with Gasteiger partial charge >= 0.3 is 12.1 Å². The summed E-state index contributed by atoms with van der Waals surface area (Å²) in [5.74, 6) is -0.620. The van der Waals surface area contributed by atoms with Crippen LogP contribution < -0.4 is 15.8 Å². The molecule has 0 fully saturated rings. The number of methoxy groups -OCH3 is 1. The van der Waals surface area contributed by atoms with Crippen molar-refractivity contribution < 1.29 is 33.0 Å². The molecule has 4 aromatic rings. The van der Waals surface area contributed by atoms with Crippen LogP contribution in [0.5, 0.6) is 5.75 Å². The van der Waals surface area contributed by atoms with Crippen molar-refractivity contribution in [3.05, 3.63) is 89.2 Å². The fourth-order valence-electron chi connectivity index (χ4n) is 4.18. The maximum Gasteiger partial charge on any atom is 0.407 e. The van der Waals surface area contributed by atoms with Gasteiger partial charge in [0.15, 0.2) is 0 Å². The zero-order valence-electron chi connectivity index (χ0n) is 24.9. The third-order valence-electron chi connectivity index (χ3n) is 5.99. The van der Waals surface area contributed by atoms with Crippen LogP contribution in [0.15, 0.2) is 71.3 Å². The molecule has 0 saturated heterocycles. The lowest BCUT2D eigenvalue weighted by molar-refractivity contribution is -0.139. The molecule has 1 aromatic heterocycles. The van der Waals surface area contributed by atoms with Crippen molar-refractivity contribution >= 4 is 28.9 Å². The summed E-state index contributed by atoms with van der Waals surface area (Å²) in [6.45, 7) is 9.94. The molecule has 4 rings (SSSR count). The number of carbonyl (C=O) groups excluding carboxylic acids is 3. The Morgan fingerprint density at radius 1 is 0.952 bits per heavy atom. The number of amides is 2. The third-order valence-corrected chi connectivity index (χ3v) is 5.99. The van der Waals surface area contributed by atoms with Gasteiger partial charge in [-0.15, -0.1) is 0 Å². The fourth-order valence-corrected chi connectivity index (χ4v) is 4.18. The standard InChI is InChI=1S/C31H32N2O7.C2H6/c1-31(2,3)40-30(36)33-17-19-6-5-7-21(12-19)25-14-20(13-22-10-11-38-28(22)25)18-39-26-9-8-23(29(32)35)15-24(26)16-27(34)37-4;1-2/h5-15H,16-18H2,1-4H3,(H2,32,35)(H,33,36);1-2H3. The number of primary amides is 1. The van der Waals surface area contributed by atoms with Gasteiger partial charge in [-0.1, -0.05) is 32.0 Å². The number of fused-ring (bicyclic) bond motifs is 1. The lowest BCUT2D eigenvalue weighted by Crippen LogP contribution is -2.32. The summed E-state index contributed by atoms with van der Waals surface area (Å²) in [6, 6.07) is 18.3. The molecule has 0 aliphatic rings. The number of nitrogens with two attached hydrogens (primary N) is 1. The maximum absolute atomic E-state index is 12.1. The summed E-state index contributed by atoms with van der Waals surface area (Å²) in [7, 11) is 1.30. The first-order valence-electron chi connectivity index (χ1n) is 13.7. The first kappa shape index (κ1) is 31.7. The Morgan fingerprint density at radius 3 is 2.40 bits per heavy atom. The van der Waals surface area contributed by atoms with Crippen LogP contribution in [0.2, 0.25) is 0 Å². The molecule has 0 atom stereocenters. The van der Waals surface area contributed by atoms with E-state index in [9.17, 15) is 14.4 Å². The van der Waals surface area contributed by atoms with E-state index in [1.54, 1.807) is 18.4 Å². The predicted molar refractivity (Wildman–Crippen MR) is 161 cm³/mol. The van der Waals surface area contributed by atoms with Gasteiger partial charge < -0.3 is 29.7 Å². The zero-order valence-corrected chi connectivity index (χ0v) is 24.9. The minimum atomic E-state index is -0.601. The molecule has 0 radical (unpaired) electrons. The van der Waals surface area contributed by atoms with Crippen molar-refractivity contribution in [1.82, 2.24) is 5.32 Å². The third kappa shape index (κ3) is 8.60. The Hall–Kier alpha value is -4.79. The Labute approximate surface area is 245 Å². The van der Waals surface area contributed by atoms with E-state index in [1.807, 2.05) is 77.1 Å². The Morgan fingerprint density at radius 2 is 1.71 bits per heavy atom. The van der Waals surface area contributed by atoms with Crippen molar-refractivity contribution in [1.29, 1.82) is 0 Å². The molecule has 0 saturated carbocycles. The van der Waals surface area contributed by atoms with Crippen LogP contribution in [0.1, 0.15) is 61.7 Å². The van der Waals surface area contributed by atoms with Crippen LogP contribution in [-0.2, 0) is 33.8 Å². The Balaban J connectivity index is 0.00000237. The Bertz CT molecular complexity index is 1550. The molecule has 3 aromatic carbocycles. The van der Waals surface area contributed by atoms with Crippen LogP contribution in [0.25, 0.3) is 22.1 Å². The van der Waals surface area contributed by atoms with Gasteiger partial charge in [0.05, 0.1) is 19.8 Å². The average Bonchev–Trinajstić information content (AvgIpc) is 3.44. The average molecular weight is 575 g/mol. The molecular formula is C33H38N2O7. The lowest BCUT2D eigenvalue weighted by Gasteiger charge is -2.19. The van der Waals surface area contributed by atoms with E-state index in [-0.39, 0.29) is 18.6 Å². The van der Waals surface area contributed by atoms with Crippen LogP contribution in [-0.4, -0.2) is 30.7 Å². The van der Waals surface area contributed by atoms with E-state index in [0.29, 0.717) is 17.9 Å². The number of furan rings is 1. The van der Waals surface area contributed by atoms with Crippen LogP contribution in [0, 0.1) is 0 Å². The molecule has 9 heteroatoms. The molecule has 42 heavy (non-hydrogen) atoms. The highest BCUT2D eigenvalue weighted by Gasteiger charge is 2.17. The quantitative estimate of drug-likeness (QED) is 0.217. The van der Waals surface area contributed by atoms with Gasteiger partial charge in [0.2, 0.25) is 5.91 Å². The van der Waals surface area contributed by atoms with Crippen molar-refractivity contribution in [2.24, 2.45) is 5.73 Å². The molecule has 0 unspecified atom stereocenters. The number of ether oxygens (including phenoxy) is 3. The van der Waals surface area contributed by atoms with Gasteiger partial charge in [-0.25, -0.2) is 4.79 Å². The van der Waals surface area contributed by atoms with Crippen LogP contribution >= 0.6 is 0 Å². The number of benzene rings is 3. The van der Waals surface area contributed by atoms with Gasteiger partial charge in [-0.3, -0.25) is 9.59 Å². The Kier molecular flexibility index (Phi) is 10.7. The largest absolute Gasteiger partial charge is 0.489 e. The molecular weight excluding hydrogens is 536 g/mol. The van der Waals surface area contributed by atoms with Gasteiger partial charge in [-0.2, -0.15) is 0 Å². The summed E-state index contributed by atoms with van der Waals surface area (Å²) in [5.41, 5.74) is 9.85. The van der Waals surface area contributed by atoms with Crippen molar-refractivity contribution in [2.75, 3.05) is 7.11 Å². The lowest BCUT2D eigenvalue weighted by atomic mass is 9.99. The van der Waals surface area contributed by atoms with Crippen molar-refractivity contribution in [3.63, 3.8) is 0 Å². The molecule has 222 valence electrons. The van der Waals surface area contributed by atoms with E-state index in [1.165, 1.54) is 13.2 Å².